The molecule has 1 nitrogen and oxygen atoms in total. The second-order valence-corrected chi connectivity index (χ2v) is 11.1. The molecular weight excluding hydrogens is 482 g/mol. The van der Waals surface area contributed by atoms with Crippen LogP contribution in [0.1, 0.15) is 25.0 Å². The predicted octanol–water partition coefficient (Wildman–Crippen LogP) is 10.8. The molecule has 0 atom stereocenters. The topological polar surface area (TPSA) is 3.24 Å². The van der Waals surface area contributed by atoms with Crippen molar-refractivity contribution in [2.24, 2.45) is 0 Å². The maximum absolute atomic E-state index is 2.39. The van der Waals surface area contributed by atoms with E-state index in [4.69, 9.17) is 0 Å². The summed E-state index contributed by atoms with van der Waals surface area (Å²) in [7, 11) is 0. The van der Waals surface area contributed by atoms with Crippen molar-refractivity contribution < 1.29 is 0 Å². The summed E-state index contributed by atoms with van der Waals surface area (Å²) in [6.07, 6.45) is 0. The molecule has 0 saturated heterocycles. The van der Waals surface area contributed by atoms with Gasteiger partial charge in [0, 0.05) is 22.5 Å². The highest BCUT2D eigenvalue weighted by Gasteiger charge is 2.35. The third-order valence-electron chi connectivity index (χ3n) is 8.29. The Balaban J connectivity index is 1.24. The van der Waals surface area contributed by atoms with Crippen molar-refractivity contribution in [3.05, 3.63) is 163 Å². The Morgan fingerprint density at radius 1 is 0.375 bits per heavy atom. The smallest absolute Gasteiger partial charge is 0.0462 e. The quantitative estimate of drug-likeness (QED) is 0.222. The fourth-order valence-corrected chi connectivity index (χ4v) is 6.14. The number of para-hydroxylation sites is 1. The zero-order valence-electron chi connectivity index (χ0n) is 22.9. The Morgan fingerprint density at radius 3 is 1.48 bits per heavy atom. The highest BCUT2D eigenvalue weighted by Crippen LogP contribution is 2.49. The van der Waals surface area contributed by atoms with Crippen molar-refractivity contribution in [1.29, 1.82) is 0 Å². The van der Waals surface area contributed by atoms with Crippen molar-refractivity contribution >= 4 is 17.1 Å². The van der Waals surface area contributed by atoms with E-state index in [2.05, 4.69) is 170 Å². The van der Waals surface area contributed by atoms with Gasteiger partial charge in [-0.2, -0.15) is 0 Å². The van der Waals surface area contributed by atoms with Crippen LogP contribution >= 0.6 is 0 Å². The van der Waals surface area contributed by atoms with Gasteiger partial charge in [0.25, 0.3) is 0 Å². The van der Waals surface area contributed by atoms with Gasteiger partial charge < -0.3 is 4.90 Å². The third kappa shape index (κ3) is 4.12. The minimum Gasteiger partial charge on any atom is -0.311 e. The molecule has 0 N–H and O–H groups in total. The van der Waals surface area contributed by atoms with Gasteiger partial charge in [0.1, 0.15) is 0 Å². The van der Waals surface area contributed by atoms with Crippen molar-refractivity contribution in [1.82, 2.24) is 0 Å². The van der Waals surface area contributed by atoms with E-state index in [1.807, 2.05) is 0 Å². The molecule has 1 aliphatic carbocycles. The van der Waals surface area contributed by atoms with Crippen LogP contribution in [0.3, 0.4) is 0 Å². The van der Waals surface area contributed by atoms with Gasteiger partial charge in [-0.15, -0.1) is 0 Å². The second kappa shape index (κ2) is 9.70. The number of hydrogen-bond donors (Lipinski definition) is 0. The molecule has 1 aliphatic rings. The summed E-state index contributed by atoms with van der Waals surface area (Å²) in [4.78, 5) is 2.32. The van der Waals surface area contributed by atoms with Crippen molar-refractivity contribution in [3.63, 3.8) is 0 Å². The van der Waals surface area contributed by atoms with E-state index in [0.717, 1.165) is 17.1 Å². The lowest BCUT2D eigenvalue weighted by atomic mass is 9.81. The van der Waals surface area contributed by atoms with E-state index in [1.54, 1.807) is 0 Å². The van der Waals surface area contributed by atoms with Crippen LogP contribution in [0.15, 0.2) is 152 Å². The highest BCUT2D eigenvalue weighted by molar-refractivity contribution is 5.84. The Kier molecular flexibility index (Phi) is 5.86. The van der Waals surface area contributed by atoms with E-state index < -0.39 is 0 Å². The van der Waals surface area contributed by atoms with Crippen LogP contribution in [-0.4, -0.2) is 0 Å². The Morgan fingerprint density at radius 2 is 0.825 bits per heavy atom. The molecule has 0 saturated carbocycles. The summed E-state index contributed by atoms with van der Waals surface area (Å²) in [5.74, 6) is 0. The van der Waals surface area contributed by atoms with Gasteiger partial charge in [0.15, 0.2) is 0 Å². The molecule has 0 bridgehead atoms. The first-order valence-electron chi connectivity index (χ1n) is 14.0. The maximum atomic E-state index is 2.39. The van der Waals surface area contributed by atoms with Crippen LogP contribution in [-0.2, 0) is 5.41 Å². The van der Waals surface area contributed by atoms with E-state index in [1.165, 1.54) is 44.5 Å². The molecular formula is C39H31N. The number of fused-ring (bicyclic) bond motifs is 3. The van der Waals surface area contributed by atoms with Crippen molar-refractivity contribution in [2.45, 2.75) is 19.3 Å². The lowest BCUT2D eigenvalue weighted by Crippen LogP contribution is -2.14. The van der Waals surface area contributed by atoms with Gasteiger partial charge in [-0.3, -0.25) is 0 Å². The molecule has 0 fully saturated rings. The fourth-order valence-electron chi connectivity index (χ4n) is 6.14. The molecule has 0 aliphatic heterocycles. The molecule has 6 aromatic rings. The molecule has 0 unspecified atom stereocenters. The Bertz CT molecular complexity index is 1780. The molecule has 1 heteroatoms. The number of hydrogen-bond acceptors (Lipinski definition) is 1. The van der Waals surface area contributed by atoms with Crippen LogP contribution < -0.4 is 4.90 Å². The summed E-state index contributed by atoms with van der Waals surface area (Å²) in [6, 6.07) is 54.7. The first-order chi connectivity index (χ1) is 19.6. The van der Waals surface area contributed by atoms with E-state index in [-0.39, 0.29) is 5.41 Å². The summed E-state index contributed by atoms with van der Waals surface area (Å²) in [5.41, 5.74) is 13.9. The van der Waals surface area contributed by atoms with Crippen molar-refractivity contribution in [3.8, 4) is 33.4 Å². The van der Waals surface area contributed by atoms with Crippen LogP contribution in [0.4, 0.5) is 17.1 Å². The van der Waals surface area contributed by atoms with Gasteiger partial charge in [-0.25, -0.2) is 0 Å². The number of rotatable bonds is 5. The zero-order valence-corrected chi connectivity index (χ0v) is 22.9. The van der Waals surface area contributed by atoms with E-state index in [9.17, 15) is 0 Å². The molecule has 0 radical (unpaired) electrons. The monoisotopic (exact) mass is 513 g/mol. The molecule has 0 aromatic heterocycles. The largest absolute Gasteiger partial charge is 0.311 e. The first-order valence-corrected chi connectivity index (χ1v) is 14.0. The minimum absolute atomic E-state index is 0.00208. The van der Waals surface area contributed by atoms with Crippen LogP contribution in [0.2, 0.25) is 0 Å². The predicted molar refractivity (Wildman–Crippen MR) is 170 cm³/mol. The van der Waals surface area contributed by atoms with E-state index in [0.29, 0.717) is 0 Å². The average molecular weight is 514 g/mol. The van der Waals surface area contributed by atoms with Gasteiger partial charge >= 0.3 is 0 Å². The SMILES string of the molecule is CC1(C)c2ccccc2-c2ccc(-c3ccc(N(c4ccccc4)c4ccc(-c5ccccc5)cc4)cc3)cc21. The molecule has 192 valence electrons. The number of anilines is 3. The molecule has 6 aromatic carbocycles. The van der Waals surface area contributed by atoms with Crippen LogP contribution in [0.25, 0.3) is 33.4 Å². The van der Waals surface area contributed by atoms with Gasteiger partial charge in [0.05, 0.1) is 0 Å². The van der Waals surface area contributed by atoms with Gasteiger partial charge in [0.2, 0.25) is 0 Å². The molecule has 40 heavy (non-hydrogen) atoms. The standard InChI is InChI=1S/C39H31N/c1-39(2)37-16-10-9-15-35(37)36-26-21-31(27-38(36)39)30-19-24-34(25-20-30)40(32-13-7-4-8-14-32)33-22-17-29(18-23-33)28-11-5-3-6-12-28/h3-27H,1-2H3. The van der Waals surface area contributed by atoms with E-state index >= 15 is 0 Å². The Labute approximate surface area is 237 Å². The van der Waals surface area contributed by atoms with Crippen LogP contribution in [0.5, 0.6) is 0 Å². The molecule has 0 amide bonds. The molecule has 0 spiro atoms. The summed E-state index contributed by atoms with van der Waals surface area (Å²) in [6.45, 7) is 4.68. The summed E-state index contributed by atoms with van der Waals surface area (Å²) < 4.78 is 0. The van der Waals surface area contributed by atoms with Crippen LogP contribution in [0, 0.1) is 0 Å². The minimum atomic E-state index is -0.00208. The highest BCUT2D eigenvalue weighted by atomic mass is 15.1. The number of nitrogens with zero attached hydrogens (tertiary/aromatic N) is 1. The second-order valence-electron chi connectivity index (χ2n) is 11.1. The average Bonchev–Trinajstić information content (AvgIpc) is 3.25. The fraction of sp³-hybridized carbons (Fsp3) is 0.0769. The first kappa shape index (κ1) is 24.2. The zero-order chi connectivity index (χ0) is 27.1. The lowest BCUT2D eigenvalue weighted by Gasteiger charge is -2.26. The molecule has 7 rings (SSSR count). The molecule has 0 heterocycles. The van der Waals surface area contributed by atoms with Gasteiger partial charge in [-0.05, 0) is 87.0 Å². The van der Waals surface area contributed by atoms with Gasteiger partial charge in [-0.1, -0.05) is 123 Å². The Hall–Kier alpha value is -4.88. The maximum Gasteiger partial charge on any atom is 0.0462 e. The normalized spacial score (nSPS) is 12.9. The summed E-state index contributed by atoms with van der Waals surface area (Å²) in [5, 5.41) is 0. The lowest BCUT2D eigenvalue weighted by molar-refractivity contribution is 0.660. The van der Waals surface area contributed by atoms with Crippen molar-refractivity contribution in [2.75, 3.05) is 4.90 Å². The number of benzene rings is 6. The third-order valence-corrected chi connectivity index (χ3v) is 8.29. The summed E-state index contributed by atoms with van der Waals surface area (Å²) >= 11 is 0.